The van der Waals surface area contributed by atoms with Crippen molar-refractivity contribution >= 4 is 23.5 Å². The number of amides is 2. The van der Waals surface area contributed by atoms with Crippen LogP contribution >= 0.6 is 11.8 Å². The van der Waals surface area contributed by atoms with E-state index in [1.165, 1.54) is 5.56 Å². The SMILES string of the molecule is NC(=O)NN=C1CSCc2ccccc21. The molecule has 1 heterocycles. The van der Waals surface area contributed by atoms with Crippen molar-refractivity contribution in [3.05, 3.63) is 35.4 Å². The van der Waals surface area contributed by atoms with E-state index in [1.54, 1.807) is 11.8 Å². The van der Waals surface area contributed by atoms with E-state index in [9.17, 15) is 4.79 Å². The van der Waals surface area contributed by atoms with E-state index >= 15 is 0 Å². The summed E-state index contributed by atoms with van der Waals surface area (Å²) in [5.41, 5.74) is 10.5. The summed E-state index contributed by atoms with van der Waals surface area (Å²) in [4.78, 5) is 10.6. The molecule has 1 aromatic carbocycles. The first-order valence-corrected chi connectivity index (χ1v) is 5.71. The molecular weight excluding hydrogens is 210 g/mol. The summed E-state index contributed by atoms with van der Waals surface area (Å²) < 4.78 is 0. The van der Waals surface area contributed by atoms with Crippen molar-refractivity contribution in [1.82, 2.24) is 5.43 Å². The fourth-order valence-corrected chi connectivity index (χ4v) is 2.47. The fourth-order valence-electron chi connectivity index (χ4n) is 1.48. The van der Waals surface area contributed by atoms with E-state index in [4.69, 9.17) is 5.73 Å². The molecule has 1 aromatic rings. The van der Waals surface area contributed by atoms with Gasteiger partial charge in [0.05, 0.1) is 5.71 Å². The minimum atomic E-state index is -0.629. The highest BCUT2D eigenvalue weighted by Gasteiger charge is 2.14. The molecule has 5 heteroatoms. The van der Waals surface area contributed by atoms with Crippen LogP contribution in [0.15, 0.2) is 29.4 Å². The van der Waals surface area contributed by atoms with Gasteiger partial charge in [-0.2, -0.15) is 16.9 Å². The first-order chi connectivity index (χ1) is 7.27. The van der Waals surface area contributed by atoms with Crippen LogP contribution in [0.3, 0.4) is 0 Å². The third-order valence-electron chi connectivity index (χ3n) is 2.13. The lowest BCUT2D eigenvalue weighted by atomic mass is 10.1. The van der Waals surface area contributed by atoms with Gasteiger partial charge in [0.2, 0.25) is 0 Å². The number of carbonyl (C=O) groups excluding carboxylic acids is 1. The van der Waals surface area contributed by atoms with Crippen molar-refractivity contribution in [2.75, 3.05) is 5.75 Å². The minimum Gasteiger partial charge on any atom is -0.350 e. The van der Waals surface area contributed by atoms with Gasteiger partial charge in [-0.25, -0.2) is 10.2 Å². The predicted octanol–water partition coefficient (Wildman–Crippen LogP) is 1.31. The number of nitrogens with one attached hydrogen (secondary N) is 1. The minimum absolute atomic E-state index is 0.629. The molecule has 0 bridgehead atoms. The lowest BCUT2D eigenvalue weighted by molar-refractivity contribution is 0.249. The molecule has 0 saturated carbocycles. The lowest BCUT2D eigenvalue weighted by Crippen LogP contribution is -2.27. The van der Waals surface area contributed by atoms with Crippen molar-refractivity contribution in [3.8, 4) is 0 Å². The molecule has 1 aliphatic rings. The number of fused-ring (bicyclic) bond motifs is 1. The Labute approximate surface area is 91.9 Å². The average Bonchev–Trinajstić information content (AvgIpc) is 2.26. The van der Waals surface area contributed by atoms with Crippen LogP contribution < -0.4 is 11.2 Å². The number of thioether (sulfide) groups is 1. The summed E-state index contributed by atoms with van der Waals surface area (Å²) in [6.45, 7) is 0. The van der Waals surface area contributed by atoms with Crippen molar-refractivity contribution in [2.24, 2.45) is 10.8 Å². The molecule has 0 aromatic heterocycles. The smallest absolute Gasteiger partial charge is 0.332 e. The Morgan fingerprint density at radius 1 is 1.40 bits per heavy atom. The normalized spacial score (nSPS) is 17.2. The van der Waals surface area contributed by atoms with Gasteiger partial charge in [-0.1, -0.05) is 24.3 Å². The number of rotatable bonds is 1. The van der Waals surface area contributed by atoms with Crippen LogP contribution in [-0.4, -0.2) is 17.5 Å². The Kier molecular flexibility index (Phi) is 2.91. The second kappa shape index (κ2) is 4.35. The maximum atomic E-state index is 10.6. The van der Waals surface area contributed by atoms with Gasteiger partial charge in [0, 0.05) is 17.1 Å². The molecule has 1 aliphatic heterocycles. The molecule has 0 radical (unpaired) electrons. The number of carbonyl (C=O) groups is 1. The zero-order valence-corrected chi connectivity index (χ0v) is 8.88. The van der Waals surface area contributed by atoms with E-state index in [-0.39, 0.29) is 0 Å². The topological polar surface area (TPSA) is 67.5 Å². The van der Waals surface area contributed by atoms with E-state index < -0.39 is 6.03 Å². The van der Waals surface area contributed by atoms with Crippen molar-refractivity contribution in [2.45, 2.75) is 5.75 Å². The molecule has 0 atom stereocenters. The molecule has 15 heavy (non-hydrogen) atoms. The quantitative estimate of drug-likeness (QED) is 0.702. The Morgan fingerprint density at radius 3 is 3.00 bits per heavy atom. The van der Waals surface area contributed by atoms with Crippen LogP contribution in [0.5, 0.6) is 0 Å². The van der Waals surface area contributed by atoms with E-state index in [0.717, 1.165) is 22.8 Å². The van der Waals surface area contributed by atoms with Gasteiger partial charge in [0.1, 0.15) is 0 Å². The van der Waals surface area contributed by atoms with Gasteiger partial charge in [0.25, 0.3) is 0 Å². The zero-order chi connectivity index (χ0) is 10.7. The predicted molar refractivity (Wildman–Crippen MR) is 61.9 cm³/mol. The van der Waals surface area contributed by atoms with E-state index in [2.05, 4.69) is 16.6 Å². The Hall–Kier alpha value is -1.49. The number of benzene rings is 1. The molecule has 0 fully saturated rings. The number of nitrogens with two attached hydrogens (primary N) is 1. The van der Waals surface area contributed by atoms with Crippen LogP contribution in [0.25, 0.3) is 0 Å². The molecule has 3 N–H and O–H groups in total. The van der Waals surface area contributed by atoms with Gasteiger partial charge in [-0.3, -0.25) is 0 Å². The third-order valence-corrected chi connectivity index (χ3v) is 3.12. The van der Waals surface area contributed by atoms with E-state index in [0.29, 0.717) is 0 Å². The number of primary amides is 1. The number of hydrogen-bond acceptors (Lipinski definition) is 3. The summed E-state index contributed by atoms with van der Waals surface area (Å²) >= 11 is 1.77. The van der Waals surface area contributed by atoms with Crippen LogP contribution in [0.1, 0.15) is 11.1 Å². The molecule has 0 spiro atoms. The second-order valence-corrected chi connectivity index (χ2v) is 4.17. The molecule has 2 rings (SSSR count). The van der Waals surface area contributed by atoms with Crippen LogP contribution in [0, 0.1) is 0 Å². The van der Waals surface area contributed by atoms with Gasteiger partial charge in [0.15, 0.2) is 0 Å². The molecule has 0 unspecified atom stereocenters. The zero-order valence-electron chi connectivity index (χ0n) is 8.06. The lowest BCUT2D eigenvalue weighted by Gasteiger charge is -2.16. The first kappa shape index (κ1) is 10.0. The highest BCUT2D eigenvalue weighted by molar-refractivity contribution is 7.99. The van der Waals surface area contributed by atoms with Gasteiger partial charge in [-0.15, -0.1) is 0 Å². The van der Waals surface area contributed by atoms with Gasteiger partial charge < -0.3 is 5.73 Å². The van der Waals surface area contributed by atoms with Gasteiger partial charge in [-0.05, 0) is 5.56 Å². The largest absolute Gasteiger partial charge is 0.350 e. The van der Waals surface area contributed by atoms with Crippen LogP contribution in [0.4, 0.5) is 4.79 Å². The highest BCUT2D eigenvalue weighted by Crippen LogP contribution is 2.24. The summed E-state index contributed by atoms with van der Waals surface area (Å²) in [6.07, 6.45) is 0. The number of nitrogens with zero attached hydrogens (tertiary/aromatic N) is 1. The fraction of sp³-hybridized carbons (Fsp3) is 0.200. The Bertz CT molecular complexity index is 417. The van der Waals surface area contributed by atoms with E-state index in [1.807, 2.05) is 18.2 Å². The maximum absolute atomic E-state index is 10.6. The Balaban J connectivity index is 2.29. The third kappa shape index (κ3) is 2.30. The number of hydrazone groups is 1. The number of hydrogen-bond donors (Lipinski definition) is 2. The second-order valence-electron chi connectivity index (χ2n) is 3.18. The molecule has 0 saturated heterocycles. The van der Waals surface area contributed by atoms with Crippen molar-refractivity contribution < 1.29 is 4.79 Å². The summed E-state index contributed by atoms with van der Waals surface area (Å²) in [7, 11) is 0. The molecule has 4 nitrogen and oxygen atoms in total. The van der Waals surface area contributed by atoms with Gasteiger partial charge >= 0.3 is 6.03 Å². The van der Waals surface area contributed by atoms with Crippen molar-refractivity contribution in [3.63, 3.8) is 0 Å². The first-order valence-electron chi connectivity index (χ1n) is 4.55. The summed E-state index contributed by atoms with van der Waals surface area (Å²) in [5, 5.41) is 4.00. The summed E-state index contributed by atoms with van der Waals surface area (Å²) in [5.74, 6) is 1.79. The molecule has 78 valence electrons. The molecular formula is C10H11N3OS. The van der Waals surface area contributed by atoms with Crippen molar-refractivity contribution in [1.29, 1.82) is 0 Å². The maximum Gasteiger partial charge on any atom is 0.332 e. The monoisotopic (exact) mass is 221 g/mol. The average molecular weight is 221 g/mol. The number of urea groups is 1. The highest BCUT2D eigenvalue weighted by atomic mass is 32.2. The van der Waals surface area contributed by atoms with Crippen LogP contribution in [-0.2, 0) is 5.75 Å². The Morgan fingerprint density at radius 2 is 2.20 bits per heavy atom. The standard InChI is InChI=1S/C10H11N3OS/c11-10(14)13-12-9-6-15-5-7-3-1-2-4-8(7)9/h1-4H,5-6H2,(H3,11,13,14). The molecule has 2 amide bonds. The summed E-state index contributed by atoms with van der Waals surface area (Å²) in [6, 6.07) is 7.42. The molecule has 0 aliphatic carbocycles. The van der Waals surface area contributed by atoms with Crippen LogP contribution in [0.2, 0.25) is 0 Å².